The summed E-state index contributed by atoms with van der Waals surface area (Å²) in [6.45, 7) is 13.5. The molecule has 35 heavy (non-hydrogen) atoms. The van der Waals surface area contributed by atoms with Gasteiger partial charge in [0.05, 0.1) is 30.3 Å². The van der Waals surface area contributed by atoms with Crippen LogP contribution in [0.4, 0.5) is 0 Å². The number of carbonyl (C=O) groups excluding carboxylic acids is 1. The van der Waals surface area contributed by atoms with Crippen LogP contribution in [0.2, 0.25) is 0 Å². The van der Waals surface area contributed by atoms with Gasteiger partial charge in [-0.15, -0.1) is 0 Å². The van der Waals surface area contributed by atoms with E-state index in [0.29, 0.717) is 43.3 Å². The summed E-state index contributed by atoms with van der Waals surface area (Å²) in [7, 11) is 3.31. The number of amides is 1. The Bertz CT molecular complexity index is 680. The minimum atomic E-state index is -0.250. The third-order valence-corrected chi connectivity index (χ3v) is 4.26. The molecule has 0 aromatic carbocycles. The van der Waals surface area contributed by atoms with Crippen LogP contribution in [0.3, 0.4) is 0 Å². The number of ether oxygens (including phenoxy) is 1. The lowest BCUT2D eigenvalue weighted by Crippen LogP contribution is -2.31. The van der Waals surface area contributed by atoms with Gasteiger partial charge in [-0.05, 0) is 37.9 Å². The Hall–Kier alpha value is -2.73. The van der Waals surface area contributed by atoms with Gasteiger partial charge in [-0.1, -0.05) is 33.8 Å². The standard InChI is InChI=1S/C19H35N5O2.C2H5NO.C2H6.CH2O2/c1-5-9-24(10-11-25)13-16-7-8-17(22-15(16)3)19(20)18(23(4)21)14-26-12-6-2;1-3-2-4;1-2;2-1-3/h7-8,25H,5-6,9-14,20-21H2,1-4H3;2H,1H3,(H,3,4);1-2H3;1H,(H,2,3)/b19-18-;;;. The average Bonchev–Trinajstić information content (AvgIpc) is 2.84. The monoisotopic (exact) mass is 500 g/mol. The molecule has 0 bridgehead atoms. The van der Waals surface area contributed by atoms with Crippen LogP contribution in [-0.2, 0) is 20.9 Å². The maximum Gasteiger partial charge on any atom is 0.290 e. The van der Waals surface area contributed by atoms with Gasteiger partial charge in [-0.25, -0.2) is 5.84 Å². The van der Waals surface area contributed by atoms with Crippen LogP contribution >= 0.6 is 0 Å². The maximum atomic E-state index is 9.22. The second kappa shape index (κ2) is 25.9. The molecule has 0 fully saturated rings. The summed E-state index contributed by atoms with van der Waals surface area (Å²) in [4.78, 5) is 24.3. The summed E-state index contributed by atoms with van der Waals surface area (Å²) in [6.07, 6.45) is 2.61. The minimum absolute atomic E-state index is 0.157. The van der Waals surface area contributed by atoms with E-state index in [4.69, 9.17) is 31.0 Å². The number of rotatable bonds is 13. The van der Waals surface area contributed by atoms with Gasteiger partial charge >= 0.3 is 0 Å². The lowest BCUT2D eigenvalue weighted by atomic mass is 10.1. The van der Waals surface area contributed by atoms with E-state index >= 15 is 0 Å². The average molecular weight is 501 g/mol. The van der Waals surface area contributed by atoms with Crippen molar-refractivity contribution in [3.05, 3.63) is 34.8 Å². The predicted octanol–water partition coefficient (Wildman–Crippen LogP) is 1.54. The number of hydrogen-bond acceptors (Lipinski definition) is 9. The number of aromatic nitrogens is 1. The molecule has 0 aliphatic heterocycles. The first-order valence-electron chi connectivity index (χ1n) is 11.8. The fourth-order valence-electron chi connectivity index (χ4n) is 2.71. The van der Waals surface area contributed by atoms with Crippen molar-refractivity contribution in [3.63, 3.8) is 0 Å². The van der Waals surface area contributed by atoms with Crippen molar-refractivity contribution in [3.8, 4) is 0 Å². The fraction of sp³-hybridized carbons (Fsp3) is 0.625. The number of pyridine rings is 1. The summed E-state index contributed by atoms with van der Waals surface area (Å²) in [5.74, 6) is 5.91. The van der Waals surface area contributed by atoms with Crippen molar-refractivity contribution < 1.29 is 24.5 Å². The Morgan fingerprint density at radius 3 is 2.17 bits per heavy atom. The molecular weight excluding hydrogens is 452 g/mol. The maximum absolute atomic E-state index is 9.22. The van der Waals surface area contributed by atoms with Crippen LogP contribution < -0.4 is 16.9 Å². The van der Waals surface area contributed by atoms with Crippen LogP contribution in [0.25, 0.3) is 5.70 Å². The number of aryl methyl sites for hydroxylation is 1. The highest BCUT2D eigenvalue weighted by Crippen LogP contribution is 2.17. The molecule has 0 aliphatic rings. The number of carboxylic acid groups (broad SMARTS) is 1. The van der Waals surface area contributed by atoms with Gasteiger partial charge < -0.3 is 31.0 Å². The molecule has 11 heteroatoms. The van der Waals surface area contributed by atoms with Crippen molar-refractivity contribution >= 4 is 18.6 Å². The quantitative estimate of drug-likeness (QED) is 0.116. The molecular formula is C24H48N6O5. The Kier molecular flexibility index (Phi) is 27.2. The molecule has 0 radical (unpaired) electrons. The highest BCUT2D eigenvalue weighted by atomic mass is 16.5. The van der Waals surface area contributed by atoms with E-state index in [1.807, 2.05) is 32.9 Å². The van der Waals surface area contributed by atoms with Crippen molar-refractivity contribution in [2.24, 2.45) is 11.6 Å². The van der Waals surface area contributed by atoms with Crippen molar-refractivity contribution in [2.75, 3.05) is 47.0 Å². The number of aliphatic hydroxyl groups excluding tert-OH is 1. The summed E-state index contributed by atoms with van der Waals surface area (Å²) in [5.41, 5.74) is 10.3. The first-order chi connectivity index (χ1) is 16.8. The van der Waals surface area contributed by atoms with Crippen LogP contribution in [0.1, 0.15) is 57.5 Å². The molecule has 11 nitrogen and oxygen atoms in total. The third-order valence-electron chi connectivity index (χ3n) is 4.26. The SMILES string of the molecule is CC.CCCOC/C(=C(/N)c1ccc(CN(CCC)CCO)c(C)n1)N(C)N.CNC=O.O=CO. The van der Waals surface area contributed by atoms with E-state index in [-0.39, 0.29) is 13.1 Å². The number of aliphatic hydroxyl groups is 1. The van der Waals surface area contributed by atoms with Crippen molar-refractivity contribution in [1.82, 2.24) is 20.2 Å². The number of hydrazine groups is 1. The van der Waals surface area contributed by atoms with Crippen molar-refractivity contribution in [2.45, 2.75) is 54.0 Å². The van der Waals surface area contributed by atoms with Gasteiger partial charge in [0.15, 0.2) is 0 Å². The number of nitrogens with zero attached hydrogens (tertiary/aromatic N) is 3. The smallest absolute Gasteiger partial charge is 0.290 e. The minimum Gasteiger partial charge on any atom is -0.483 e. The molecule has 1 aromatic heterocycles. The van der Waals surface area contributed by atoms with E-state index in [2.05, 4.69) is 29.0 Å². The number of nitrogens with one attached hydrogen (secondary N) is 1. The first-order valence-corrected chi connectivity index (χ1v) is 11.8. The molecule has 0 spiro atoms. The van der Waals surface area contributed by atoms with Gasteiger partial charge in [-0.3, -0.25) is 19.5 Å². The molecule has 1 rings (SSSR count). The number of carbonyl (C=O) groups is 2. The van der Waals surface area contributed by atoms with Crippen LogP contribution in [-0.4, -0.2) is 85.0 Å². The molecule has 0 saturated carbocycles. The molecule has 0 atom stereocenters. The molecule has 1 aromatic rings. The third kappa shape index (κ3) is 18.3. The largest absolute Gasteiger partial charge is 0.483 e. The molecule has 0 aliphatic carbocycles. The van der Waals surface area contributed by atoms with Gasteiger partial charge in [-0.2, -0.15) is 0 Å². The number of hydrogen-bond donors (Lipinski definition) is 5. The lowest BCUT2D eigenvalue weighted by molar-refractivity contribution is -0.122. The highest BCUT2D eigenvalue weighted by Gasteiger charge is 2.13. The molecule has 0 saturated heterocycles. The highest BCUT2D eigenvalue weighted by molar-refractivity contribution is 5.63. The topological polar surface area (TPSA) is 167 Å². The molecule has 0 unspecified atom stereocenters. The van der Waals surface area contributed by atoms with Gasteiger partial charge in [0.1, 0.15) is 0 Å². The van der Waals surface area contributed by atoms with E-state index in [9.17, 15) is 5.11 Å². The zero-order valence-corrected chi connectivity index (χ0v) is 22.6. The van der Waals surface area contributed by atoms with E-state index < -0.39 is 0 Å². The summed E-state index contributed by atoms with van der Waals surface area (Å²) < 4.78 is 5.59. The number of likely N-dealkylation sites (N-methyl/N-ethyl adjacent to an activating group) is 1. The molecule has 204 valence electrons. The van der Waals surface area contributed by atoms with Crippen molar-refractivity contribution in [1.29, 1.82) is 0 Å². The number of nitrogens with two attached hydrogens (primary N) is 2. The summed E-state index contributed by atoms with van der Waals surface area (Å²) in [6, 6.07) is 3.97. The second-order valence-corrected chi connectivity index (χ2v) is 6.98. The zero-order valence-electron chi connectivity index (χ0n) is 22.6. The summed E-state index contributed by atoms with van der Waals surface area (Å²) in [5, 5.41) is 19.8. The van der Waals surface area contributed by atoms with E-state index in [1.165, 1.54) is 5.01 Å². The Balaban J connectivity index is -0.000000985. The van der Waals surface area contributed by atoms with Crippen LogP contribution in [0.15, 0.2) is 17.8 Å². The first kappa shape index (κ1) is 36.8. The normalized spacial score (nSPS) is 10.3. The Morgan fingerprint density at radius 1 is 1.20 bits per heavy atom. The lowest BCUT2D eigenvalue weighted by Gasteiger charge is -2.22. The van der Waals surface area contributed by atoms with E-state index in [1.54, 1.807) is 14.1 Å². The van der Waals surface area contributed by atoms with Crippen LogP contribution in [0, 0.1) is 6.92 Å². The fourth-order valence-corrected chi connectivity index (χ4v) is 2.71. The van der Waals surface area contributed by atoms with Gasteiger partial charge in [0, 0.05) is 39.5 Å². The van der Waals surface area contributed by atoms with Gasteiger partial charge in [0.25, 0.3) is 6.47 Å². The predicted molar refractivity (Wildman–Crippen MR) is 141 cm³/mol. The zero-order chi connectivity index (χ0) is 27.6. The van der Waals surface area contributed by atoms with Gasteiger partial charge in [0.2, 0.25) is 6.41 Å². The molecule has 1 amide bonds. The molecule has 7 N–H and O–H groups in total. The van der Waals surface area contributed by atoms with E-state index in [0.717, 1.165) is 37.2 Å². The Morgan fingerprint density at radius 2 is 1.77 bits per heavy atom. The Labute approximate surface area is 211 Å². The van der Waals surface area contributed by atoms with Crippen LogP contribution in [0.5, 0.6) is 0 Å². The summed E-state index contributed by atoms with van der Waals surface area (Å²) >= 11 is 0. The molecule has 1 heterocycles. The second-order valence-electron chi connectivity index (χ2n) is 6.98.